The Morgan fingerprint density at radius 3 is 2.52 bits per heavy atom. The molecule has 1 heterocycles. The molecule has 0 saturated heterocycles. The summed E-state index contributed by atoms with van der Waals surface area (Å²) in [5.74, 6) is 2.08. The maximum atomic E-state index is 11.6. The van der Waals surface area contributed by atoms with Gasteiger partial charge in [0.15, 0.2) is 11.0 Å². The molecule has 0 fully saturated rings. The van der Waals surface area contributed by atoms with Gasteiger partial charge in [-0.25, -0.2) is 13.1 Å². The molecule has 0 atom stereocenters. The Morgan fingerprint density at radius 2 is 1.83 bits per heavy atom. The lowest BCUT2D eigenvalue weighted by Crippen LogP contribution is -2.22. The van der Waals surface area contributed by atoms with Crippen LogP contribution in [0.25, 0.3) is 17.1 Å². The number of benzene rings is 2. The summed E-state index contributed by atoms with van der Waals surface area (Å²) in [7, 11) is -0.156. The van der Waals surface area contributed by atoms with Gasteiger partial charge in [0.25, 0.3) is 0 Å². The summed E-state index contributed by atoms with van der Waals surface area (Å²) in [6.07, 6.45) is 0.512. The molecule has 7 nitrogen and oxygen atoms in total. The first-order valence-electron chi connectivity index (χ1n) is 9.15. The Hall–Kier alpha value is -2.36. The summed E-state index contributed by atoms with van der Waals surface area (Å²) in [4.78, 5) is 0. The van der Waals surface area contributed by atoms with Crippen molar-refractivity contribution in [3.8, 4) is 22.8 Å². The molecule has 0 aliphatic heterocycles. The van der Waals surface area contributed by atoms with Crippen molar-refractivity contribution in [2.75, 3.05) is 25.7 Å². The van der Waals surface area contributed by atoms with Crippen LogP contribution in [-0.2, 0) is 10.0 Å². The maximum Gasteiger partial charge on any atom is 0.211 e. The normalized spacial score (nSPS) is 11.6. The largest absolute Gasteiger partial charge is 0.496 e. The van der Waals surface area contributed by atoms with E-state index < -0.39 is 10.0 Å². The smallest absolute Gasteiger partial charge is 0.211 e. The van der Waals surface area contributed by atoms with Crippen LogP contribution in [0, 0.1) is 6.92 Å². The van der Waals surface area contributed by atoms with Crippen molar-refractivity contribution in [2.45, 2.75) is 18.5 Å². The van der Waals surface area contributed by atoms with Gasteiger partial charge in [0, 0.05) is 11.4 Å². The lowest BCUT2D eigenvalue weighted by Gasteiger charge is -2.12. The molecule has 0 aliphatic rings. The number of hydrogen-bond acceptors (Lipinski definition) is 6. The van der Waals surface area contributed by atoms with Crippen LogP contribution in [0.3, 0.4) is 0 Å². The molecule has 2 aromatic carbocycles. The van der Waals surface area contributed by atoms with E-state index in [-0.39, 0.29) is 5.75 Å². The van der Waals surface area contributed by atoms with E-state index in [1.807, 2.05) is 60.0 Å². The summed E-state index contributed by atoms with van der Waals surface area (Å²) in [6.45, 7) is 2.04. The number of rotatable bonds is 9. The van der Waals surface area contributed by atoms with Crippen molar-refractivity contribution in [1.29, 1.82) is 0 Å². The number of methoxy groups -OCH3 is 1. The first kappa shape index (κ1) is 21.4. The Kier molecular flexibility index (Phi) is 6.94. The zero-order valence-electron chi connectivity index (χ0n) is 16.6. The molecule has 1 aromatic heterocycles. The molecule has 29 heavy (non-hydrogen) atoms. The summed E-state index contributed by atoms with van der Waals surface area (Å²) in [5, 5.41) is 9.50. The van der Waals surface area contributed by atoms with Crippen LogP contribution in [0.1, 0.15) is 12.0 Å². The first-order chi connectivity index (χ1) is 13.9. The van der Waals surface area contributed by atoms with Gasteiger partial charge in [-0.1, -0.05) is 41.6 Å². The van der Waals surface area contributed by atoms with Crippen molar-refractivity contribution >= 4 is 21.8 Å². The van der Waals surface area contributed by atoms with Crippen molar-refractivity contribution in [3.05, 3.63) is 54.1 Å². The van der Waals surface area contributed by atoms with Gasteiger partial charge in [0.1, 0.15) is 5.75 Å². The highest BCUT2D eigenvalue weighted by molar-refractivity contribution is 7.99. The minimum atomic E-state index is -3.21. The lowest BCUT2D eigenvalue weighted by atomic mass is 10.1. The molecule has 0 aliphatic carbocycles. The third-order valence-corrected chi connectivity index (χ3v) is 6.84. The number of thioether (sulfide) groups is 1. The number of nitrogens with one attached hydrogen (secondary N) is 1. The zero-order chi connectivity index (χ0) is 20.9. The van der Waals surface area contributed by atoms with Gasteiger partial charge >= 0.3 is 0 Å². The molecule has 0 saturated carbocycles. The first-order valence-corrected chi connectivity index (χ1v) is 11.8. The van der Waals surface area contributed by atoms with Gasteiger partial charge in [-0.2, -0.15) is 0 Å². The van der Waals surface area contributed by atoms with Crippen LogP contribution < -0.4 is 9.46 Å². The molecule has 3 rings (SSSR count). The third-order valence-electron chi connectivity index (χ3n) is 4.37. The second-order valence-electron chi connectivity index (χ2n) is 6.40. The van der Waals surface area contributed by atoms with Crippen molar-refractivity contribution < 1.29 is 13.2 Å². The fourth-order valence-corrected chi connectivity index (χ4v) is 4.61. The summed E-state index contributed by atoms with van der Waals surface area (Å²) in [5.41, 5.74) is 2.94. The third kappa shape index (κ3) is 5.17. The minimum Gasteiger partial charge on any atom is -0.496 e. The Balaban J connectivity index is 1.95. The highest BCUT2D eigenvalue weighted by Gasteiger charge is 2.19. The van der Waals surface area contributed by atoms with Crippen LogP contribution >= 0.6 is 11.8 Å². The average molecular weight is 433 g/mol. The van der Waals surface area contributed by atoms with Crippen LogP contribution in [0.5, 0.6) is 5.75 Å². The number of hydrogen-bond donors (Lipinski definition) is 1. The summed E-state index contributed by atoms with van der Waals surface area (Å²) in [6, 6.07) is 15.8. The number of sulfonamides is 1. The Labute approximate surface area is 175 Å². The summed E-state index contributed by atoms with van der Waals surface area (Å²) >= 11 is 1.48. The van der Waals surface area contributed by atoms with Gasteiger partial charge < -0.3 is 4.74 Å². The van der Waals surface area contributed by atoms with Crippen LogP contribution in [0.4, 0.5) is 0 Å². The second-order valence-corrected chi connectivity index (χ2v) is 9.51. The van der Waals surface area contributed by atoms with E-state index in [2.05, 4.69) is 14.9 Å². The molecular formula is C20H24N4O3S2. The highest BCUT2D eigenvalue weighted by atomic mass is 32.2. The van der Waals surface area contributed by atoms with Crippen molar-refractivity contribution in [2.24, 2.45) is 0 Å². The number of para-hydroxylation sites is 1. The average Bonchev–Trinajstić information content (AvgIpc) is 3.15. The minimum absolute atomic E-state index is 0.0779. The van der Waals surface area contributed by atoms with E-state index in [0.29, 0.717) is 28.9 Å². The van der Waals surface area contributed by atoms with Crippen LogP contribution in [0.15, 0.2) is 53.7 Å². The van der Waals surface area contributed by atoms with Gasteiger partial charge in [-0.05, 0) is 44.7 Å². The van der Waals surface area contributed by atoms with Gasteiger partial charge in [0.05, 0.1) is 18.4 Å². The SMILES string of the molecule is CNS(=O)(=O)CCCSc1nnc(-c2ccccc2OC)n1-c1ccc(C)cc1. The van der Waals surface area contributed by atoms with Gasteiger partial charge in [-0.15, -0.1) is 10.2 Å². The molecular weight excluding hydrogens is 408 g/mol. The molecule has 9 heteroatoms. The Bertz CT molecular complexity index is 1060. The molecule has 0 amide bonds. The highest BCUT2D eigenvalue weighted by Crippen LogP contribution is 2.33. The van der Waals surface area contributed by atoms with Crippen LogP contribution in [-0.4, -0.2) is 48.8 Å². The van der Waals surface area contributed by atoms with Crippen molar-refractivity contribution in [1.82, 2.24) is 19.5 Å². The van der Waals surface area contributed by atoms with Crippen LogP contribution in [0.2, 0.25) is 0 Å². The fraction of sp³-hybridized carbons (Fsp3) is 0.300. The topological polar surface area (TPSA) is 86.1 Å². The standard InChI is InChI=1S/C20H24N4O3S2/c1-15-9-11-16(12-10-15)24-19(17-7-4-5-8-18(17)27-3)22-23-20(24)28-13-6-14-29(25,26)21-2/h4-5,7-12,21H,6,13-14H2,1-3H3. The summed E-state index contributed by atoms with van der Waals surface area (Å²) < 4.78 is 33.1. The zero-order valence-corrected chi connectivity index (χ0v) is 18.3. The second kappa shape index (κ2) is 9.43. The van der Waals surface area contributed by atoms with E-state index in [4.69, 9.17) is 4.74 Å². The van der Waals surface area contributed by atoms with E-state index in [1.165, 1.54) is 18.8 Å². The number of nitrogens with zero attached hydrogens (tertiary/aromatic N) is 3. The van der Waals surface area contributed by atoms with E-state index >= 15 is 0 Å². The molecule has 0 radical (unpaired) electrons. The molecule has 3 aromatic rings. The quantitative estimate of drug-likeness (QED) is 0.413. The van der Waals surface area contributed by atoms with Crippen molar-refractivity contribution in [3.63, 3.8) is 0 Å². The molecule has 154 valence electrons. The maximum absolute atomic E-state index is 11.6. The van der Waals surface area contributed by atoms with E-state index in [9.17, 15) is 8.42 Å². The molecule has 0 spiro atoms. The fourth-order valence-electron chi connectivity index (χ4n) is 2.81. The number of ether oxygens (including phenoxy) is 1. The molecule has 1 N–H and O–H groups in total. The number of aromatic nitrogens is 3. The van der Waals surface area contributed by atoms with Gasteiger partial charge in [-0.3, -0.25) is 4.57 Å². The van der Waals surface area contributed by atoms with Gasteiger partial charge in [0.2, 0.25) is 10.0 Å². The predicted octanol–water partition coefficient (Wildman–Crippen LogP) is 3.28. The number of aryl methyl sites for hydroxylation is 1. The monoisotopic (exact) mass is 432 g/mol. The predicted molar refractivity (Wildman–Crippen MR) is 116 cm³/mol. The van der Waals surface area contributed by atoms with E-state index in [0.717, 1.165) is 16.8 Å². The lowest BCUT2D eigenvalue weighted by molar-refractivity contribution is 0.416. The Morgan fingerprint density at radius 1 is 1.10 bits per heavy atom. The molecule has 0 bridgehead atoms. The molecule has 0 unspecified atom stereocenters. The van der Waals surface area contributed by atoms with E-state index in [1.54, 1.807) is 7.11 Å².